The van der Waals surface area contributed by atoms with E-state index >= 15 is 0 Å². The van der Waals surface area contributed by atoms with Crippen LogP contribution >= 0.6 is 0 Å². The Morgan fingerprint density at radius 1 is 0.611 bits per heavy atom. The molecule has 0 aliphatic carbocycles. The predicted octanol–water partition coefficient (Wildman–Crippen LogP) is 9.11. The molecule has 7 atom stereocenters. The molecule has 0 saturated carbocycles. The van der Waals surface area contributed by atoms with Crippen LogP contribution in [0.5, 0.6) is 0 Å². The molecule has 1 heterocycles. The van der Waals surface area contributed by atoms with Crippen LogP contribution in [0, 0.1) is 0 Å². The molecule has 1 aliphatic heterocycles. The summed E-state index contributed by atoms with van der Waals surface area (Å²) in [6, 6.07) is -0.814. The lowest BCUT2D eigenvalue weighted by atomic mass is 9.99. The summed E-state index contributed by atoms with van der Waals surface area (Å²) in [5.41, 5.74) is 0. The lowest BCUT2D eigenvalue weighted by Gasteiger charge is -2.40. The largest absolute Gasteiger partial charge is 0.394 e. The van der Waals surface area contributed by atoms with Crippen LogP contribution in [-0.4, -0.2) is 87.5 Å². The summed E-state index contributed by atoms with van der Waals surface area (Å²) in [6.45, 7) is 3.70. The van der Waals surface area contributed by atoms with Gasteiger partial charge in [-0.3, -0.25) is 4.79 Å². The minimum absolute atomic E-state index is 0.194. The Labute approximate surface area is 330 Å². The third-order valence-electron chi connectivity index (χ3n) is 10.8. The average Bonchev–Trinajstić information content (AvgIpc) is 3.17. The number of nitrogens with one attached hydrogen (secondary N) is 1. The first-order valence-electron chi connectivity index (χ1n) is 22.6. The number of hydrogen-bond donors (Lipinski definition) is 6. The summed E-state index contributed by atoms with van der Waals surface area (Å²) in [5.74, 6) is -0.194. The number of hydrogen-bond acceptors (Lipinski definition) is 8. The Balaban J connectivity index is 2.26. The first kappa shape index (κ1) is 50.7. The second kappa shape index (κ2) is 36.0. The van der Waals surface area contributed by atoms with Crippen molar-refractivity contribution in [3.05, 3.63) is 24.3 Å². The third kappa shape index (κ3) is 26.5. The number of aliphatic hydroxyl groups excluding tert-OH is 5. The van der Waals surface area contributed by atoms with Gasteiger partial charge in [-0.15, -0.1) is 0 Å². The zero-order chi connectivity index (χ0) is 39.5. The van der Waals surface area contributed by atoms with Gasteiger partial charge in [0.25, 0.3) is 0 Å². The topological polar surface area (TPSA) is 149 Å². The van der Waals surface area contributed by atoms with Gasteiger partial charge < -0.3 is 40.3 Å². The first-order valence-corrected chi connectivity index (χ1v) is 22.6. The van der Waals surface area contributed by atoms with Gasteiger partial charge in [0.2, 0.25) is 5.91 Å². The van der Waals surface area contributed by atoms with Crippen molar-refractivity contribution in [1.82, 2.24) is 5.32 Å². The Morgan fingerprint density at radius 3 is 1.56 bits per heavy atom. The fourth-order valence-electron chi connectivity index (χ4n) is 7.11. The molecule has 0 aromatic carbocycles. The van der Waals surface area contributed by atoms with Crippen molar-refractivity contribution in [2.24, 2.45) is 0 Å². The Hall–Kier alpha value is -1.33. The van der Waals surface area contributed by atoms with Gasteiger partial charge in [-0.1, -0.05) is 186 Å². The van der Waals surface area contributed by atoms with Crippen molar-refractivity contribution in [2.75, 3.05) is 13.2 Å². The molecule has 1 saturated heterocycles. The molecule has 1 rings (SSSR count). The molecule has 9 nitrogen and oxygen atoms in total. The summed E-state index contributed by atoms with van der Waals surface area (Å²) in [6.07, 6.45) is 35.5. The summed E-state index contributed by atoms with van der Waals surface area (Å²) in [5, 5.41) is 53.9. The van der Waals surface area contributed by atoms with E-state index in [1.165, 1.54) is 141 Å². The molecule has 1 fully saturated rings. The molecule has 1 amide bonds. The maximum Gasteiger partial charge on any atom is 0.220 e. The van der Waals surface area contributed by atoms with E-state index < -0.39 is 49.5 Å². The number of aliphatic hydroxyl groups is 5. The van der Waals surface area contributed by atoms with Crippen LogP contribution in [0.3, 0.4) is 0 Å². The number of carbonyl (C=O) groups excluding carboxylic acids is 1. The molecule has 54 heavy (non-hydrogen) atoms. The minimum Gasteiger partial charge on any atom is -0.394 e. The highest BCUT2D eigenvalue weighted by molar-refractivity contribution is 5.76. The summed E-state index contributed by atoms with van der Waals surface area (Å²) < 4.78 is 11.1. The van der Waals surface area contributed by atoms with Gasteiger partial charge in [-0.25, -0.2) is 0 Å². The van der Waals surface area contributed by atoms with Gasteiger partial charge in [-0.2, -0.15) is 0 Å². The molecule has 1 aliphatic rings. The molecule has 0 radical (unpaired) electrons. The maximum absolute atomic E-state index is 12.8. The lowest BCUT2D eigenvalue weighted by molar-refractivity contribution is -0.302. The summed E-state index contributed by atoms with van der Waals surface area (Å²) in [4.78, 5) is 12.8. The SMILES string of the molecule is CCCCCCCCCCCCCCCCCCCC/C=C/CC/C=C/C(O)C(COC1OC(CO)C(O)C(O)C1O)NC(=O)CCCCCCCCC. The van der Waals surface area contributed by atoms with Crippen molar-refractivity contribution in [2.45, 2.75) is 243 Å². The van der Waals surface area contributed by atoms with Gasteiger partial charge in [0.15, 0.2) is 6.29 Å². The van der Waals surface area contributed by atoms with Crippen molar-refractivity contribution in [3.63, 3.8) is 0 Å². The normalized spacial score (nSPS) is 21.6. The molecular weight excluding hydrogens is 682 g/mol. The zero-order valence-electron chi connectivity index (χ0n) is 34.7. The highest BCUT2D eigenvalue weighted by Gasteiger charge is 2.44. The third-order valence-corrected chi connectivity index (χ3v) is 10.8. The standard InChI is InChI=1S/C45H85NO8/c1-3-5-7-9-11-12-13-14-15-16-17-18-19-20-21-22-23-24-25-26-27-29-30-32-34-39(48)38(46-41(49)35-33-31-28-10-8-6-4-2)37-53-45-44(52)43(51)42(50)40(36-47)54-45/h26-27,32,34,38-40,42-45,47-48,50-52H,3-25,28-31,33,35-37H2,1-2H3,(H,46,49)/b27-26+,34-32+. The van der Waals surface area contributed by atoms with Crippen LogP contribution in [0.1, 0.15) is 200 Å². The van der Waals surface area contributed by atoms with Crippen molar-refractivity contribution in [1.29, 1.82) is 0 Å². The molecule has 0 aromatic rings. The number of unbranched alkanes of at least 4 members (excludes halogenated alkanes) is 25. The predicted molar refractivity (Wildman–Crippen MR) is 221 cm³/mol. The smallest absolute Gasteiger partial charge is 0.220 e. The quantitative estimate of drug-likeness (QED) is 0.0271. The molecular formula is C45H85NO8. The van der Waals surface area contributed by atoms with Crippen molar-refractivity contribution in [3.8, 4) is 0 Å². The van der Waals surface area contributed by atoms with E-state index in [2.05, 4.69) is 31.3 Å². The van der Waals surface area contributed by atoms with Crippen LogP contribution in [0.15, 0.2) is 24.3 Å². The number of rotatable bonds is 37. The summed E-state index contributed by atoms with van der Waals surface area (Å²) >= 11 is 0. The second-order valence-electron chi connectivity index (χ2n) is 15.8. The van der Waals surface area contributed by atoms with Crippen molar-refractivity contribution >= 4 is 5.91 Å². The van der Waals surface area contributed by atoms with Gasteiger partial charge in [0, 0.05) is 6.42 Å². The molecule has 0 spiro atoms. The fourth-order valence-corrected chi connectivity index (χ4v) is 7.11. The minimum atomic E-state index is -1.57. The molecule has 6 N–H and O–H groups in total. The van der Waals surface area contributed by atoms with Crippen LogP contribution < -0.4 is 5.32 Å². The monoisotopic (exact) mass is 768 g/mol. The Kier molecular flexibility index (Phi) is 33.8. The number of ether oxygens (including phenoxy) is 2. The summed E-state index contributed by atoms with van der Waals surface area (Å²) in [7, 11) is 0. The van der Waals surface area contributed by atoms with Crippen molar-refractivity contribution < 1.29 is 39.8 Å². The fraction of sp³-hybridized carbons (Fsp3) is 0.889. The van der Waals surface area contributed by atoms with E-state index in [0.29, 0.717) is 6.42 Å². The molecule has 7 unspecified atom stereocenters. The number of allylic oxidation sites excluding steroid dienone is 3. The van der Waals surface area contributed by atoms with E-state index in [1.807, 2.05) is 6.08 Å². The van der Waals surface area contributed by atoms with E-state index in [0.717, 1.165) is 38.5 Å². The van der Waals surface area contributed by atoms with E-state index in [-0.39, 0.29) is 12.5 Å². The van der Waals surface area contributed by atoms with Crippen LogP contribution in [0.25, 0.3) is 0 Å². The number of carbonyl (C=O) groups is 1. The first-order chi connectivity index (χ1) is 26.3. The second-order valence-corrected chi connectivity index (χ2v) is 15.8. The average molecular weight is 768 g/mol. The molecule has 9 heteroatoms. The van der Waals surface area contributed by atoms with E-state index in [4.69, 9.17) is 9.47 Å². The Morgan fingerprint density at radius 2 is 1.06 bits per heavy atom. The molecule has 0 bridgehead atoms. The van der Waals surface area contributed by atoms with E-state index in [9.17, 15) is 30.3 Å². The van der Waals surface area contributed by atoms with Crippen LogP contribution in [0.2, 0.25) is 0 Å². The maximum atomic E-state index is 12.8. The Bertz CT molecular complexity index is 899. The van der Waals surface area contributed by atoms with Gasteiger partial charge >= 0.3 is 0 Å². The van der Waals surface area contributed by atoms with Gasteiger partial charge in [0.05, 0.1) is 25.4 Å². The molecule has 318 valence electrons. The van der Waals surface area contributed by atoms with Gasteiger partial charge in [0.1, 0.15) is 24.4 Å². The van der Waals surface area contributed by atoms with E-state index in [1.54, 1.807) is 6.08 Å². The van der Waals surface area contributed by atoms with Crippen LogP contribution in [-0.2, 0) is 14.3 Å². The lowest BCUT2D eigenvalue weighted by Crippen LogP contribution is -2.60. The molecule has 0 aromatic heterocycles. The highest BCUT2D eigenvalue weighted by Crippen LogP contribution is 2.22. The number of amides is 1. The van der Waals surface area contributed by atoms with Crippen LogP contribution in [0.4, 0.5) is 0 Å². The highest BCUT2D eigenvalue weighted by atomic mass is 16.7. The van der Waals surface area contributed by atoms with Gasteiger partial charge in [-0.05, 0) is 32.1 Å². The zero-order valence-corrected chi connectivity index (χ0v) is 34.7.